The highest BCUT2D eigenvalue weighted by Gasteiger charge is 2.19. The molecule has 1 rings (SSSR count). The molecule has 0 heterocycles. The van der Waals surface area contributed by atoms with Crippen molar-refractivity contribution in [3.8, 4) is 0 Å². The van der Waals surface area contributed by atoms with Crippen LogP contribution in [-0.2, 0) is 0 Å². The molecule has 0 saturated heterocycles. The molecular weight excluding hydrogens is 300 g/mol. The molecule has 2 N–H and O–H groups in total. The minimum atomic E-state index is 0.235. The first-order chi connectivity index (χ1) is 8.01. The average molecular weight is 320 g/mol. The van der Waals surface area contributed by atoms with Gasteiger partial charge >= 0.3 is 0 Å². The van der Waals surface area contributed by atoms with Crippen molar-refractivity contribution in [2.75, 3.05) is 13.6 Å². The van der Waals surface area contributed by atoms with E-state index in [1.807, 2.05) is 12.1 Å². The highest BCUT2D eigenvalue weighted by Crippen LogP contribution is 2.28. The predicted octanol–water partition coefficient (Wildman–Crippen LogP) is 3.83. The number of benzene rings is 1. The lowest BCUT2D eigenvalue weighted by molar-refractivity contribution is 0.184. The van der Waals surface area contributed by atoms with Crippen LogP contribution < -0.4 is 5.73 Å². The molecule has 0 aromatic heterocycles. The van der Waals surface area contributed by atoms with E-state index in [-0.39, 0.29) is 6.04 Å². The van der Waals surface area contributed by atoms with Gasteiger partial charge in [0, 0.05) is 23.1 Å². The Morgan fingerprint density at radius 2 is 2.12 bits per heavy atom. The summed E-state index contributed by atoms with van der Waals surface area (Å²) in [6, 6.07) is 6.76. The number of nitrogens with two attached hydrogens (primary N) is 1. The summed E-state index contributed by atoms with van der Waals surface area (Å²) in [5.41, 5.74) is 7.10. The lowest BCUT2D eigenvalue weighted by Gasteiger charge is -2.32. The molecule has 0 saturated carbocycles. The van der Waals surface area contributed by atoms with Gasteiger partial charge in [-0.3, -0.25) is 4.90 Å². The number of halogens is 2. The summed E-state index contributed by atoms with van der Waals surface area (Å²) in [6.07, 6.45) is 1.11. The fourth-order valence-corrected chi connectivity index (χ4v) is 2.37. The quantitative estimate of drug-likeness (QED) is 0.893. The van der Waals surface area contributed by atoms with E-state index in [9.17, 15) is 0 Å². The molecule has 17 heavy (non-hydrogen) atoms. The molecule has 0 amide bonds. The van der Waals surface area contributed by atoms with E-state index >= 15 is 0 Å². The highest BCUT2D eigenvalue weighted by atomic mass is 79.9. The van der Waals surface area contributed by atoms with Gasteiger partial charge in [-0.25, -0.2) is 0 Å². The maximum Gasteiger partial charge on any atom is 0.0548 e. The maximum atomic E-state index is 6.01. The standard InChI is InChI=1S/C13H20BrClN2/c1-4-9(2)17(3)13(8-16)10-5-6-12(15)11(14)7-10/h5-7,9,13H,4,8,16H2,1-3H3. The van der Waals surface area contributed by atoms with Crippen molar-refractivity contribution in [1.29, 1.82) is 0 Å². The first kappa shape index (κ1) is 15.0. The molecule has 0 aliphatic rings. The van der Waals surface area contributed by atoms with E-state index in [4.69, 9.17) is 17.3 Å². The Morgan fingerprint density at radius 1 is 1.47 bits per heavy atom. The maximum absolute atomic E-state index is 6.01. The van der Waals surface area contributed by atoms with Crippen LogP contribution in [0.25, 0.3) is 0 Å². The second kappa shape index (κ2) is 6.74. The van der Waals surface area contributed by atoms with Gasteiger partial charge in [-0.05, 0) is 54.0 Å². The van der Waals surface area contributed by atoms with Crippen LogP contribution in [0.2, 0.25) is 5.02 Å². The van der Waals surface area contributed by atoms with Crippen LogP contribution in [0, 0.1) is 0 Å². The Morgan fingerprint density at radius 3 is 2.59 bits per heavy atom. The molecule has 0 spiro atoms. The van der Waals surface area contributed by atoms with Gasteiger partial charge < -0.3 is 5.73 Å². The first-order valence-corrected chi connectivity index (χ1v) is 7.05. The largest absolute Gasteiger partial charge is 0.329 e. The topological polar surface area (TPSA) is 29.3 Å². The van der Waals surface area contributed by atoms with Crippen molar-refractivity contribution >= 4 is 27.5 Å². The zero-order valence-electron chi connectivity index (χ0n) is 10.6. The van der Waals surface area contributed by atoms with E-state index < -0.39 is 0 Å². The SMILES string of the molecule is CCC(C)N(C)C(CN)c1ccc(Cl)c(Br)c1. The normalized spacial score (nSPS) is 15.0. The summed E-state index contributed by atoms with van der Waals surface area (Å²) in [5.74, 6) is 0. The van der Waals surface area contributed by atoms with Gasteiger partial charge in [-0.1, -0.05) is 24.6 Å². The van der Waals surface area contributed by atoms with Crippen LogP contribution in [0.5, 0.6) is 0 Å². The summed E-state index contributed by atoms with van der Waals surface area (Å²) < 4.78 is 0.924. The number of likely N-dealkylation sites (N-methyl/N-ethyl adjacent to an activating group) is 1. The van der Waals surface area contributed by atoms with E-state index in [1.54, 1.807) is 0 Å². The van der Waals surface area contributed by atoms with Crippen molar-refractivity contribution in [2.24, 2.45) is 5.73 Å². The Hall–Kier alpha value is -0.0900. The minimum absolute atomic E-state index is 0.235. The molecule has 0 radical (unpaired) electrons. The van der Waals surface area contributed by atoms with Crippen LogP contribution in [0.15, 0.2) is 22.7 Å². The number of rotatable bonds is 5. The van der Waals surface area contributed by atoms with Gasteiger partial charge in [-0.2, -0.15) is 0 Å². The fraction of sp³-hybridized carbons (Fsp3) is 0.538. The minimum Gasteiger partial charge on any atom is -0.329 e. The molecular formula is C13H20BrClN2. The number of hydrogen-bond acceptors (Lipinski definition) is 2. The molecule has 2 unspecified atom stereocenters. The zero-order chi connectivity index (χ0) is 13.0. The highest BCUT2D eigenvalue weighted by molar-refractivity contribution is 9.10. The van der Waals surface area contributed by atoms with Crippen molar-refractivity contribution in [2.45, 2.75) is 32.4 Å². The van der Waals surface area contributed by atoms with Gasteiger partial charge in [0.05, 0.1) is 5.02 Å². The van der Waals surface area contributed by atoms with E-state index in [0.29, 0.717) is 12.6 Å². The Kier molecular flexibility index (Phi) is 5.93. The molecule has 0 aliphatic heterocycles. The van der Waals surface area contributed by atoms with Crippen LogP contribution in [0.4, 0.5) is 0 Å². The van der Waals surface area contributed by atoms with Gasteiger partial charge in [-0.15, -0.1) is 0 Å². The Bertz CT molecular complexity index is 370. The van der Waals surface area contributed by atoms with Gasteiger partial charge in [0.1, 0.15) is 0 Å². The summed E-state index contributed by atoms with van der Waals surface area (Å²) >= 11 is 9.46. The monoisotopic (exact) mass is 318 g/mol. The first-order valence-electron chi connectivity index (χ1n) is 5.88. The molecule has 1 aromatic carbocycles. The average Bonchev–Trinajstić information content (AvgIpc) is 2.33. The van der Waals surface area contributed by atoms with Crippen LogP contribution in [-0.4, -0.2) is 24.5 Å². The summed E-state index contributed by atoms with van der Waals surface area (Å²) in [4.78, 5) is 2.32. The van der Waals surface area contributed by atoms with Gasteiger partial charge in [0.2, 0.25) is 0 Å². The zero-order valence-corrected chi connectivity index (χ0v) is 12.9. The Balaban J connectivity index is 2.97. The van der Waals surface area contributed by atoms with E-state index in [2.05, 4.69) is 47.8 Å². The smallest absolute Gasteiger partial charge is 0.0548 e. The molecule has 0 aliphatic carbocycles. The lowest BCUT2D eigenvalue weighted by Crippen LogP contribution is -2.36. The molecule has 2 atom stereocenters. The van der Waals surface area contributed by atoms with E-state index in [0.717, 1.165) is 15.9 Å². The summed E-state index contributed by atoms with van der Waals surface area (Å²) in [6.45, 7) is 5.01. The van der Waals surface area contributed by atoms with Crippen LogP contribution in [0.1, 0.15) is 31.9 Å². The predicted molar refractivity (Wildman–Crippen MR) is 78.5 cm³/mol. The van der Waals surface area contributed by atoms with Crippen molar-refractivity contribution in [3.63, 3.8) is 0 Å². The van der Waals surface area contributed by atoms with Gasteiger partial charge in [0.25, 0.3) is 0 Å². The number of nitrogens with zero attached hydrogens (tertiary/aromatic N) is 1. The molecule has 1 aromatic rings. The van der Waals surface area contributed by atoms with Crippen molar-refractivity contribution in [3.05, 3.63) is 33.3 Å². The third-order valence-corrected chi connectivity index (χ3v) is 4.54. The summed E-state index contributed by atoms with van der Waals surface area (Å²) in [7, 11) is 2.12. The molecule has 4 heteroatoms. The van der Waals surface area contributed by atoms with Crippen molar-refractivity contribution in [1.82, 2.24) is 4.90 Å². The molecule has 0 bridgehead atoms. The fourth-order valence-electron chi connectivity index (χ4n) is 1.85. The summed E-state index contributed by atoms with van der Waals surface area (Å²) in [5, 5.41) is 0.732. The molecule has 2 nitrogen and oxygen atoms in total. The van der Waals surface area contributed by atoms with E-state index in [1.165, 1.54) is 5.56 Å². The molecule has 96 valence electrons. The third kappa shape index (κ3) is 3.68. The Labute approximate surface area is 117 Å². The van der Waals surface area contributed by atoms with Crippen molar-refractivity contribution < 1.29 is 0 Å². The van der Waals surface area contributed by atoms with Crippen LogP contribution >= 0.6 is 27.5 Å². The lowest BCUT2D eigenvalue weighted by atomic mass is 10.0. The van der Waals surface area contributed by atoms with Gasteiger partial charge in [0.15, 0.2) is 0 Å². The third-order valence-electron chi connectivity index (χ3n) is 3.33. The molecule has 0 fully saturated rings. The van der Waals surface area contributed by atoms with Crippen LogP contribution in [0.3, 0.4) is 0 Å². The second-order valence-corrected chi connectivity index (χ2v) is 5.61. The number of hydrogen-bond donors (Lipinski definition) is 1. The second-order valence-electron chi connectivity index (χ2n) is 4.35.